The number of hydrogen-bond acceptors (Lipinski definition) is 4. The molecule has 144 valence electrons. The van der Waals surface area contributed by atoms with E-state index in [2.05, 4.69) is 6.07 Å². The molecule has 4 nitrogen and oxygen atoms in total. The van der Waals surface area contributed by atoms with Gasteiger partial charge in [0.05, 0.1) is 6.61 Å². The fourth-order valence-electron chi connectivity index (χ4n) is 3.52. The zero-order chi connectivity index (χ0) is 19.6. The molecule has 1 aliphatic heterocycles. The summed E-state index contributed by atoms with van der Waals surface area (Å²) in [4.78, 5) is 0. The molecule has 1 heterocycles. The third kappa shape index (κ3) is 3.16. The topological polar surface area (TPSA) is 36.9 Å². The van der Waals surface area contributed by atoms with Crippen LogP contribution in [0.1, 0.15) is 16.7 Å². The van der Waals surface area contributed by atoms with Crippen LogP contribution in [0, 0.1) is 0 Å². The van der Waals surface area contributed by atoms with Gasteiger partial charge < -0.3 is 18.3 Å². The molecule has 5 heteroatoms. The van der Waals surface area contributed by atoms with Crippen molar-refractivity contribution in [3.05, 3.63) is 95.6 Å². The summed E-state index contributed by atoms with van der Waals surface area (Å²) >= 11 is 0. The van der Waals surface area contributed by atoms with Gasteiger partial charge in [-0.3, -0.25) is 0 Å². The molecular weight excluding hydrogens is 368 g/mol. The second kappa shape index (κ2) is 7.52. The molecule has 0 aromatic heterocycles. The Hall–Kier alpha value is -2.44. The summed E-state index contributed by atoms with van der Waals surface area (Å²) < 4.78 is 24.3. The van der Waals surface area contributed by atoms with E-state index in [-0.39, 0.29) is 0 Å². The molecule has 0 saturated heterocycles. The van der Waals surface area contributed by atoms with Gasteiger partial charge in [-0.2, -0.15) is 0 Å². The second-order valence-corrected chi connectivity index (χ2v) is 10.2. The highest BCUT2D eigenvalue weighted by molar-refractivity contribution is 6.79. The summed E-state index contributed by atoms with van der Waals surface area (Å²) in [6, 6.07) is 26.2. The van der Waals surface area contributed by atoms with E-state index in [1.165, 1.54) is 0 Å². The Bertz CT molecular complexity index is 900. The lowest BCUT2D eigenvalue weighted by atomic mass is 9.95. The Morgan fingerprint density at radius 2 is 1.39 bits per heavy atom. The normalized spacial score (nSPS) is 15.5. The number of ether oxygens (including phenoxy) is 2. The fourth-order valence-corrected chi connectivity index (χ4v) is 4.98. The molecule has 0 fully saturated rings. The Labute approximate surface area is 166 Å². The minimum Gasteiger partial charge on any atom is -0.453 e. The largest absolute Gasteiger partial charge is 0.453 e. The van der Waals surface area contributed by atoms with Gasteiger partial charge in [0.1, 0.15) is 5.75 Å². The van der Waals surface area contributed by atoms with E-state index in [0.717, 1.165) is 27.6 Å². The van der Waals surface area contributed by atoms with Gasteiger partial charge in [-0.25, -0.2) is 0 Å². The summed E-state index contributed by atoms with van der Waals surface area (Å²) in [5.41, 5.74) is 2.92. The lowest BCUT2D eigenvalue weighted by Gasteiger charge is -2.39. The van der Waals surface area contributed by atoms with Crippen LogP contribution in [-0.2, 0) is 26.0 Å². The van der Waals surface area contributed by atoms with E-state index in [1.807, 2.05) is 79.3 Å². The van der Waals surface area contributed by atoms with Crippen molar-refractivity contribution in [2.75, 3.05) is 14.2 Å². The van der Waals surface area contributed by atoms with Gasteiger partial charge in [0, 0.05) is 30.9 Å². The van der Waals surface area contributed by atoms with Gasteiger partial charge in [0.15, 0.2) is 0 Å². The van der Waals surface area contributed by atoms with Crippen LogP contribution in [0.3, 0.4) is 0 Å². The first-order valence-electron chi connectivity index (χ1n) is 9.29. The molecular formula is C23H24O4Si. The number of benzene rings is 3. The highest BCUT2D eigenvalue weighted by Crippen LogP contribution is 2.42. The van der Waals surface area contributed by atoms with E-state index < -0.39 is 14.3 Å². The summed E-state index contributed by atoms with van der Waals surface area (Å²) in [5, 5.41) is 1.05. The van der Waals surface area contributed by atoms with Gasteiger partial charge in [0.25, 0.3) is 5.79 Å². The molecule has 0 unspecified atom stereocenters. The molecule has 0 spiro atoms. The van der Waals surface area contributed by atoms with Crippen LogP contribution in [0.4, 0.5) is 0 Å². The Balaban J connectivity index is 1.78. The quantitative estimate of drug-likeness (QED) is 0.614. The first-order valence-corrected chi connectivity index (χ1v) is 11.6. The predicted octanol–water partition coefficient (Wildman–Crippen LogP) is 4.07. The molecule has 3 aromatic carbocycles. The second-order valence-electron chi connectivity index (χ2n) is 6.92. The van der Waals surface area contributed by atoms with Crippen LogP contribution in [-0.4, -0.2) is 22.8 Å². The van der Waals surface area contributed by atoms with Gasteiger partial charge in [-0.1, -0.05) is 66.7 Å². The predicted molar refractivity (Wildman–Crippen MR) is 111 cm³/mol. The highest BCUT2D eigenvalue weighted by atomic mass is 28.4. The molecule has 0 amide bonds. The average Bonchev–Trinajstić information content (AvgIpc) is 2.79. The molecule has 28 heavy (non-hydrogen) atoms. The standard InChI is InChI=1S/C23H24O4Si/c1-24-28(3,25-2)21-14-15-22-18(16-21)17-26-23(27-22,19-10-6-4-7-11-19)20-12-8-5-9-13-20/h4-16H,17H2,1-3H3. The number of rotatable bonds is 5. The first-order chi connectivity index (χ1) is 13.6. The molecule has 1 aliphatic rings. The maximum Gasteiger partial charge on any atom is 0.368 e. The smallest absolute Gasteiger partial charge is 0.368 e. The monoisotopic (exact) mass is 392 g/mol. The zero-order valence-corrected chi connectivity index (χ0v) is 17.3. The summed E-state index contributed by atoms with van der Waals surface area (Å²) in [7, 11) is 0.978. The van der Waals surface area contributed by atoms with Gasteiger partial charge >= 0.3 is 8.56 Å². The fraction of sp³-hybridized carbons (Fsp3) is 0.217. The van der Waals surface area contributed by atoms with E-state index in [4.69, 9.17) is 18.3 Å². The van der Waals surface area contributed by atoms with Crippen molar-refractivity contribution in [2.45, 2.75) is 18.9 Å². The molecule has 0 N–H and O–H groups in total. The minimum atomic E-state index is -2.41. The van der Waals surface area contributed by atoms with E-state index in [0.29, 0.717) is 6.61 Å². The third-order valence-corrected chi connectivity index (χ3v) is 8.27. The van der Waals surface area contributed by atoms with E-state index in [1.54, 1.807) is 14.2 Å². The van der Waals surface area contributed by atoms with Crippen LogP contribution in [0.2, 0.25) is 6.55 Å². The van der Waals surface area contributed by atoms with Crippen molar-refractivity contribution < 1.29 is 18.3 Å². The SMILES string of the molecule is CO[Si](C)(OC)c1ccc2c(c1)COC(c1ccccc1)(c1ccccc1)O2. The number of hydrogen-bond donors (Lipinski definition) is 0. The molecule has 0 saturated carbocycles. The summed E-state index contributed by atoms with van der Waals surface area (Å²) in [6.07, 6.45) is 0. The van der Waals surface area contributed by atoms with Crippen molar-refractivity contribution in [3.63, 3.8) is 0 Å². The van der Waals surface area contributed by atoms with Crippen molar-refractivity contribution in [1.82, 2.24) is 0 Å². The molecule has 3 aromatic rings. The van der Waals surface area contributed by atoms with Gasteiger partial charge in [-0.05, 0) is 23.9 Å². The van der Waals surface area contributed by atoms with Crippen LogP contribution < -0.4 is 9.92 Å². The van der Waals surface area contributed by atoms with Crippen LogP contribution in [0.15, 0.2) is 78.9 Å². The molecule has 0 radical (unpaired) electrons. The van der Waals surface area contributed by atoms with Crippen LogP contribution in [0.5, 0.6) is 5.75 Å². The third-order valence-electron chi connectivity index (χ3n) is 5.36. The van der Waals surface area contributed by atoms with Gasteiger partial charge in [-0.15, -0.1) is 0 Å². The van der Waals surface area contributed by atoms with Crippen molar-refractivity contribution >= 4 is 13.7 Å². The molecule has 0 bridgehead atoms. The first kappa shape index (κ1) is 18.9. The Kier molecular flexibility index (Phi) is 5.08. The van der Waals surface area contributed by atoms with Crippen molar-refractivity contribution in [3.8, 4) is 5.75 Å². The van der Waals surface area contributed by atoms with Crippen LogP contribution >= 0.6 is 0 Å². The summed E-state index contributed by atoms with van der Waals surface area (Å²) in [5.74, 6) is -0.161. The van der Waals surface area contributed by atoms with E-state index in [9.17, 15) is 0 Å². The maximum atomic E-state index is 6.54. The Morgan fingerprint density at radius 3 is 1.93 bits per heavy atom. The lowest BCUT2D eigenvalue weighted by Crippen LogP contribution is -2.50. The summed E-state index contributed by atoms with van der Waals surface area (Å²) in [6.45, 7) is 2.46. The lowest BCUT2D eigenvalue weighted by molar-refractivity contribution is -0.184. The number of fused-ring (bicyclic) bond motifs is 1. The zero-order valence-electron chi connectivity index (χ0n) is 16.3. The highest BCUT2D eigenvalue weighted by Gasteiger charge is 2.42. The average molecular weight is 393 g/mol. The molecule has 4 rings (SSSR count). The Morgan fingerprint density at radius 1 is 0.821 bits per heavy atom. The van der Waals surface area contributed by atoms with Crippen molar-refractivity contribution in [1.29, 1.82) is 0 Å². The molecule has 0 aliphatic carbocycles. The van der Waals surface area contributed by atoms with Gasteiger partial charge in [0.2, 0.25) is 0 Å². The maximum absolute atomic E-state index is 6.54. The van der Waals surface area contributed by atoms with E-state index >= 15 is 0 Å². The van der Waals surface area contributed by atoms with Crippen LogP contribution in [0.25, 0.3) is 0 Å². The minimum absolute atomic E-state index is 0.435. The molecule has 0 atom stereocenters. The van der Waals surface area contributed by atoms with Crippen molar-refractivity contribution in [2.24, 2.45) is 0 Å².